The van der Waals surface area contributed by atoms with E-state index in [9.17, 15) is 5.11 Å². The Kier molecular flexibility index (Phi) is 4.07. The summed E-state index contributed by atoms with van der Waals surface area (Å²) in [7, 11) is 2.15. The lowest BCUT2D eigenvalue weighted by Gasteiger charge is -2.34. The van der Waals surface area contributed by atoms with Crippen molar-refractivity contribution in [3.8, 4) is 5.75 Å². The van der Waals surface area contributed by atoms with Gasteiger partial charge in [-0.1, -0.05) is 0 Å². The highest BCUT2D eigenvalue weighted by molar-refractivity contribution is 5.86. The molecule has 0 radical (unpaired) electrons. The van der Waals surface area contributed by atoms with Gasteiger partial charge in [0.1, 0.15) is 5.75 Å². The van der Waals surface area contributed by atoms with Crippen molar-refractivity contribution in [3.05, 3.63) is 53.7 Å². The van der Waals surface area contributed by atoms with Gasteiger partial charge in [0.25, 0.3) is 0 Å². The standard InChI is InChI=1S/C21H23N5O2/c1-14-12-26-13-18(23-20(26)11-22-14)17-9-15-3-4-16(10-19(15)28-21(17)27)25-7-5-24(2)6-8-25/h3-4,9-13,21,27H,5-8H2,1-2H3. The molecule has 0 bridgehead atoms. The minimum atomic E-state index is -1.05. The zero-order valence-electron chi connectivity index (χ0n) is 16.0. The Bertz CT molecular complexity index is 1070. The Morgan fingerprint density at radius 2 is 1.96 bits per heavy atom. The predicted molar refractivity (Wildman–Crippen MR) is 108 cm³/mol. The molecule has 0 amide bonds. The lowest BCUT2D eigenvalue weighted by Crippen LogP contribution is -2.44. The molecule has 1 saturated heterocycles. The molecule has 1 fully saturated rings. The first-order valence-corrected chi connectivity index (χ1v) is 9.52. The van der Waals surface area contributed by atoms with Gasteiger partial charge in [0.2, 0.25) is 6.29 Å². The van der Waals surface area contributed by atoms with E-state index in [2.05, 4.69) is 38.9 Å². The van der Waals surface area contributed by atoms with Crippen LogP contribution in [-0.4, -0.2) is 63.9 Å². The number of hydrogen-bond acceptors (Lipinski definition) is 6. The monoisotopic (exact) mass is 377 g/mol. The highest BCUT2D eigenvalue weighted by atomic mass is 16.6. The third-order valence-corrected chi connectivity index (χ3v) is 5.45. The molecule has 7 nitrogen and oxygen atoms in total. The zero-order valence-corrected chi connectivity index (χ0v) is 16.0. The molecule has 1 N–H and O–H groups in total. The van der Waals surface area contributed by atoms with Gasteiger partial charge in [-0.2, -0.15) is 0 Å². The highest BCUT2D eigenvalue weighted by Crippen LogP contribution is 2.36. The van der Waals surface area contributed by atoms with Crippen molar-refractivity contribution in [2.45, 2.75) is 13.2 Å². The highest BCUT2D eigenvalue weighted by Gasteiger charge is 2.25. The second kappa shape index (κ2) is 6.61. The molecule has 144 valence electrons. The van der Waals surface area contributed by atoms with Gasteiger partial charge in [0.15, 0.2) is 5.65 Å². The van der Waals surface area contributed by atoms with Crippen molar-refractivity contribution in [3.63, 3.8) is 0 Å². The quantitative estimate of drug-likeness (QED) is 0.737. The van der Waals surface area contributed by atoms with Gasteiger partial charge in [-0.3, -0.25) is 4.98 Å². The molecule has 5 rings (SSSR count). The number of aryl methyl sites for hydroxylation is 1. The zero-order chi connectivity index (χ0) is 19.3. The molecule has 4 heterocycles. The van der Waals surface area contributed by atoms with Crippen LogP contribution in [0.25, 0.3) is 17.3 Å². The lowest BCUT2D eigenvalue weighted by atomic mass is 10.0. The molecule has 2 aromatic heterocycles. The maximum absolute atomic E-state index is 10.6. The Labute approximate surface area is 163 Å². The van der Waals surface area contributed by atoms with E-state index in [0.717, 1.165) is 48.8 Å². The predicted octanol–water partition coefficient (Wildman–Crippen LogP) is 2.04. The molecule has 2 aliphatic heterocycles. The summed E-state index contributed by atoms with van der Waals surface area (Å²) < 4.78 is 7.77. The van der Waals surface area contributed by atoms with Crippen molar-refractivity contribution >= 4 is 23.0 Å². The van der Waals surface area contributed by atoms with Gasteiger partial charge < -0.3 is 24.0 Å². The molecule has 7 heteroatoms. The number of likely N-dealkylation sites (N-methyl/N-ethyl adjacent to an activating group) is 1. The van der Waals surface area contributed by atoms with Crippen LogP contribution in [-0.2, 0) is 0 Å². The Morgan fingerprint density at radius 1 is 1.14 bits per heavy atom. The molecule has 3 aromatic rings. The summed E-state index contributed by atoms with van der Waals surface area (Å²) in [5.41, 5.74) is 5.07. The first-order valence-electron chi connectivity index (χ1n) is 9.52. The second-order valence-corrected chi connectivity index (χ2v) is 7.50. The van der Waals surface area contributed by atoms with Crippen molar-refractivity contribution in [2.75, 3.05) is 38.1 Å². The van der Waals surface area contributed by atoms with Crippen molar-refractivity contribution < 1.29 is 9.84 Å². The normalized spacial score (nSPS) is 20.0. The average molecular weight is 377 g/mol. The fraction of sp³-hybridized carbons (Fsp3) is 0.333. The third-order valence-electron chi connectivity index (χ3n) is 5.45. The van der Waals surface area contributed by atoms with E-state index in [1.807, 2.05) is 35.9 Å². The molecule has 0 saturated carbocycles. The summed E-state index contributed by atoms with van der Waals surface area (Å²) >= 11 is 0. The van der Waals surface area contributed by atoms with Crippen LogP contribution in [0.4, 0.5) is 5.69 Å². The van der Waals surface area contributed by atoms with E-state index in [4.69, 9.17) is 4.74 Å². The number of hydrogen-bond donors (Lipinski definition) is 1. The maximum atomic E-state index is 10.6. The largest absolute Gasteiger partial charge is 0.460 e. The van der Waals surface area contributed by atoms with E-state index in [0.29, 0.717) is 17.0 Å². The SMILES string of the molecule is Cc1cn2cc(C3=Cc4ccc(N5CCN(C)CC5)cc4OC3O)nc2cn1. The van der Waals surface area contributed by atoms with Crippen molar-refractivity contribution in [1.82, 2.24) is 19.3 Å². The second-order valence-electron chi connectivity index (χ2n) is 7.50. The van der Waals surface area contributed by atoms with Gasteiger partial charge >= 0.3 is 0 Å². The van der Waals surface area contributed by atoms with Crippen LogP contribution in [0.3, 0.4) is 0 Å². The van der Waals surface area contributed by atoms with Crippen LogP contribution < -0.4 is 9.64 Å². The van der Waals surface area contributed by atoms with Crippen molar-refractivity contribution in [2.24, 2.45) is 0 Å². The topological polar surface area (TPSA) is 66.1 Å². The molecule has 1 unspecified atom stereocenters. The van der Waals surface area contributed by atoms with Gasteiger partial charge in [-0.25, -0.2) is 4.98 Å². The van der Waals surface area contributed by atoms with E-state index in [1.165, 1.54) is 0 Å². The smallest absolute Gasteiger partial charge is 0.226 e. The van der Waals surface area contributed by atoms with Crippen LogP contribution in [0.5, 0.6) is 5.75 Å². The fourth-order valence-corrected chi connectivity index (χ4v) is 3.77. The molecule has 0 spiro atoms. The Morgan fingerprint density at radius 3 is 2.79 bits per heavy atom. The van der Waals surface area contributed by atoms with Crippen molar-refractivity contribution in [1.29, 1.82) is 0 Å². The summed E-state index contributed by atoms with van der Waals surface area (Å²) in [6.45, 7) is 6.02. The minimum absolute atomic E-state index is 0.654. The van der Waals surface area contributed by atoms with Crippen LogP contribution in [0, 0.1) is 6.92 Å². The van der Waals surface area contributed by atoms with E-state index in [1.54, 1.807) is 6.20 Å². The lowest BCUT2D eigenvalue weighted by molar-refractivity contribution is 0.0318. The summed E-state index contributed by atoms with van der Waals surface area (Å²) in [5, 5.41) is 10.6. The van der Waals surface area contributed by atoms with E-state index >= 15 is 0 Å². The van der Waals surface area contributed by atoms with Crippen LogP contribution >= 0.6 is 0 Å². The number of aliphatic hydroxyl groups is 1. The summed E-state index contributed by atoms with van der Waals surface area (Å²) in [6, 6.07) is 6.20. The number of aliphatic hydroxyl groups excluding tert-OH is 1. The Hall–Kier alpha value is -2.90. The summed E-state index contributed by atoms with van der Waals surface area (Å²) in [4.78, 5) is 13.5. The molecule has 28 heavy (non-hydrogen) atoms. The van der Waals surface area contributed by atoms with E-state index in [-0.39, 0.29) is 0 Å². The van der Waals surface area contributed by atoms with Crippen LogP contribution in [0.2, 0.25) is 0 Å². The van der Waals surface area contributed by atoms with Gasteiger partial charge in [0, 0.05) is 61.5 Å². The molecule has 0 aliphatic carbocycles. The Balaban J connectivity index is 1.47. The maximum Gasteiger partial charge on any atom is 0.226 e. The van der Waals surface area contributed by atoms with Crippen LogP contribution in [0.15, 0.2) is 36.8 Å². The molecular formula is C21H23N5O2. The molecule has 1 aromatic carbocycles. The number of fused-ring (bicyclic) bond motifs is 2. The number of benzene rings is 1. The molecule has 2 aliphatic rings. The fourth-order valence-electron chi connectivity index (χ4n) is 3.77. The van der Waals surface area contributed by atoms with Gasteiger partial charge in [0.05, 0.1) is 17.6 Å². The van der Waals surface area contributed by atoms with E-state index < -0.39 is 6.29 Å². The number of ether oxygens (including phenoxy) is 1. The number of aromatic nitrogens is 3. The first-order chi connectivity index (χ1) is 13.6. The van der Waals surface area contributed by atoms with Gasteiger partial charge in [-0.15, -0.1) is 0 Å². The third kappa shape index (κ3) is 3.02. The number of imidazole rings is 1. The van der Waals surface area contributed by atoms with Gasteiger partial charge in [-0.05, 0) is 32.2 Å². The summed E-state index contributed by atoms with van der Waals surface area (Å²) in [5.74, 6) is 0.703. The number of anilines is 1. The minimum Gasteiger partial charge on any atom is -0.460 e. The first kappa shape index (κ1) is 17.2. The number of nitrogens with zero attached hydrogens (tertiary/aromatic N) is 5. The molecule has 1 atom stereocenters. The number of piperazine rings is 1. The van der Waals surface area contributed by atoms with Crippen LogP contribution in [0.1, 0.15) is 17.0 Å². The summed E-state index contributed by atoms with van der Waals surface area (Å²) in [6.07, 6.45) is 6.45. The molecular weight excluding hydrogens is 354 g/mol. The number of rotatable bonds is 2. The average Bonchev–Trinajstić information content (AvgIpc) is 3.10.